The van der Waals surface area contributed by atoms with Gasteiger partial charge in [0.15, 0.2) is 0 Å². The molecule has 1 saturated heterocycles. The maximum Gasteiger partial charge on any atom is 0.304 e. The average molecular weight is 336 g/mol. The summed E-state index contributed by atoms with van der Waals surface area (Å²) in [4.78, 5) is 13.5. The molecule has 6 nitrogen and oxygen atoms in total. The van der Waals surface area contributed by atoms with Crippen molar-refractivity contribution in [3.8, 4) is 0 Å². The molecule has 2 rings (SSSR count). The molecule has 134 valence electrons. The number of benzene rings is 1. The van der Waals surface area contributed by atoms with Gasteiger partial charge in [-0.25, -0.2) is 0 Å². The Balaban J connectivity index is 2.21. The fraction of sp³-hybridized carbons (Fsp3) is 0.611. The zero-order chi connectivity index (χ0) is 17.5. The Morgan fingerprint density at radius 2 is 2.12 bits per heavy atom. The lowest BCUT2D eigenvalue weighted by Crippen LogP contribution is -2.39. The number of hydrogen-bond donors (Lipinski definition) is 2. The first-order chi connectivity index (χ1) is 11.6. The molecule has 0 aromatic heterocycles. The first-order valence-corrected chi connectivity index (χ1v) is 8.48. The van der Waals surface area contributed by atoms with Crippen molar-refractivity contribution in [2.75, 3.05) is 45.8 Å². The highest BCUT2D eigenvalue weighted by Gasteiger charge is 2.24. The Hall–Kier alpha value is -1.63. The van der Waals surface area contributed by atoms with Gasteiger partial charge in [-0.15, -0.1) is 0 Å². The fourth-order valence-electron chi connectivity index (χ4n) is 3.40. The van der Waals surface area contributed by atoms with Crippen molar-refractivity contribution in [1.82, 2.24) is 4.90 Å². The standard InChI is InChI=1S/C18H28N2O4/c1-3-17(20-6-8-24-9-7-20)15-5-4-13(10-16(15)19)14(12-23-2)11-18(21)22/h4-5,10,14,17H,3,6-9,11-12,19H2,1-2H3,(H,21,22)/t14-,17-/m1/s1. The number of carboxylic acid groups (broad SMARTS) is 1. The van der Waals surface area contributed by atoms with Crippen LogP contribution >= 0.6 is 0 Å². The van der Waals surface area contributed by atoms with Gasteiger partial charge >= 0.3 is 5.97 Å². The third kappa shape index (κ3) is 4.69. The normalized spacial score (nSPS) is 18.2. The van der Waals surface area contributed by atoms with Crippen LogP contribution in [0.3, 0.4) is 0 Å². The van der Waals surface area contributed by atoms with Crippen LogP contribution in [0, 0.1) is 0 Å². The van der Waals surface area contributed by atoms with Crippen LogP contribution in [0.2, 0.25) is 0 Å². The Bertz CT molecular complexity index is 544. The summed E-state index contributed by atoms with van der Waals surface area (Å²) in [7, 11) is 1.58. The molecule has 0 amide bonds. The van der Waals surface area contributed by atoms with E-state index in [0.29, 0.717) is 6.61 Å². The number of aliphatic carboxylic acids is 1. The summed E-state index contributed by atoms with van der Waals surface area (Å²) in [6.07, 6.45) is 1.01. The largest absolute Gasteiger partial charge is 0.481 e. The van der Waals surface area contributed by atoms with Gasteiger partial charge in [0.1, 0.15) is 0 Å². The van der Waals surface area contributed by atoms with Crippen LogP contribution in [0.1, 0.15) is 42.9 Å². The molecule has 0 radical (unpaired) electrons. The molecule has 1 heterocycles. The van der Waals surface area contributed by atoms with Crippen molar-refractivity contribution in [2.45, 2.75) is 31.7 Å². The predicted octanol–water partition coefficient (Wildman–Crippen LogP) is 2.26. The molecule has 3 N–H and O–H groups in total. The number of nitrogen functional groups attached to an aromatic ring is 1. The quantitative estimate of drug-likeness (QED) is 0.708. The molecule has 6 heteroatoms. The van der Waals surface area contributed by atoms with Gasteiger partial charge < -0.3 is 20.3 Å². The van der Waals surface area contributed by atoms with E-state index in [-0.39, 0.29) is 18.4 Å². The number of carbonyl (C=O) groups is 1. The molecule has 24 heavy (non-hydrogen) atoms. The highest BCUT2D eigenvalue weighted by molar-refractivity contribution is 5.68. The van der Waals surface area contributed by atoms with Crippen molar-refractivity contribution in [1.29, 1.82) is 0 Å². The molecular weight excluding hydrogens is 308 g/mol. The predicted molar refractivity (Wildman–Crippen MR) is 93.1 cm³/mol. The number of nitrogens with two attached hydrogens (primary N) is 1. The highest BCUT2D eigenvalue weighted by Crippen LogP contribution is 2.32. The van der Waals surface area contributed by atoms with Crippen LogP contribution in [-0.2, 0) is 14.3 Å². The molecule has 2 atom stereocenters. The molecule has 0 spiro atoms. The lowest BCUT2D eigenvalue weighted by atomic mass is 9.92. The second-order valence-electron chi connectivity index (χ2n) is 6.21. The third-order valence-corrected chi connectivity index (χ3v) is 4.60. The average Bonchev–Trinajstić information content (AvgIpc) is 2.57. The number of anilines is 1. The molecule has 0 unspecified atom stereocenters. The summed E-state index contributed by atoms with van der Waals surface area (Å²) < 4.78 is 10.6. The Morgan fingerprint density at radius 1 is 1.42 bits per heavy atom. The molecule has 0 bridgehead atoms. The van der Waals surface area contributed by atoms with E-state index in [1.165, 1.54) is 0 Å². The lowest BCUT2D eigenvalue weighted by molar-refractivity contribution is -0.137. The van der Waals surface area contributed by atoms with Gasteiger partial charge in [-0.2, -0.15) is 0 Å². The van der Waals surface area contributed by atoms with E-state index in [2.05, 4.69) is 11.8 Å². The van der Waals surface area contributed by atoms with Crippen molar-refractivity contribution >= 4 is 11.7 Å². The Labute approximate surface area is 143 Å². The van der Waals surface area contributed by atoms with Crippen LogP contribution in [0.4, 0.5) is 5.69 Å². The second-order valence-corrected chi connectivity index (χ2v) is 6.21. The third-order valence-electron chi connectivity index (χ3n) is 4.60. The van der Waals surface area contributed by atoms with Crippen LogP contribution in [0.25, 0.3) is 0 Å². The SMILES string of the molecule is CC[C@H](c1ccc([C@@H](COC)CC(=O)O)cc1N)N1CCOCC1. The number of morpholine rings is 1. The van der Waals surface area contributed by atoms with E-state index < -0.39 is 5.97 Å². The van der Waals surface area contributed by atoms with Gasteiger partial charge in [-0.05, 0) is 23.6 Å². The maximum absolute atomic E-state index is 11.1. The maximum atomic E-state index is 11.1. The molecule has 0 aliphatic carbocycles. The fourth-order valence-corrected chi connectivity index (χ4v) is 3.40. The van der Waals surface area contributed by atoms with Gasteiger partial charge in [-0.3, -0.25) is 9.69 Å². The second kappa shape index (κ2) is 9.01. The zero-order valence-corrected chi connectivity index (χ0v) is 14.5. The zero-order valence-electron chi connectivity index (χ0n) is 14.5. The van der Waals surface area contributed by atoms with Crippen molar-refractivity contribution in [3.63, 3.8) is 0 Å². The van der Waals surface area contributed by atoms with Crippen molar-refractivity contribution in [2.24, 2.45) is 0 Å². The van der Waals surface area contributed by atoms with E-state index >= 15 is 0 Å². The minimum atomic E-state index is -0.834. The van der Waals surface area contributed by atoms with Crippen LogP contribution in [0.15, 0.2) is 18.2 Å². The summed E-state index contributed by atoms with van der Waals surface area (Å²) >= 11 is 0. The number of hydrogen-bond acceptors (Lipinski definition) is 5. The summed E-state index contributed by atoms with van der Waals surface area (Å²) in [6.45, 7) is 5.85. The van der Waals surface area contributed by atoms with Crippen LogP contribution in [-0.4, -0.2) is 56.0 Å². The van der Waals surface area contributed by atoms with Crippen LogP contribution < -0.4 is 5.73 Å². The molecule has 1 aliphatic heterocycles. The van der Waals surface area contributed by atoms with E-state index in [4.69, 9.17) is 20.3 Å². The minimum Gasteiger partial charge on any atom is -0.481 e. The number of ether oxygens (including phenoxy) is 2. The summed E-state index contributed by atoms with van der Waals surface area (Å²) in [5, 5.41) is 9.09. The number of rotatable bonds is 8. The lowest BCUT2D eigenvalue weighted by Gasteiger charge is -2.35. The van der Waals surface area contributed by atoms with Gasteiger partial charge in [0.25, 0.3) is 0 Å². The first-order valence-electron chi connectivity index (χ1n) is 8.48. The number of nitrogens with zero attached hydrogens (tertiary/aromatic N) is 1. The van der Waals surface area contributed by atoms with Crippen molar-refractivity contribution in [3.05, 3.63) is 29.3 Å². The molecule has 0 saturated carbocycles. The molecule has 1 aliphatic rings. The van der Waals surface area contributed by atoms with Crippen LogP contribution in [0.5, 0.6) is 0 Å². The van der Waals surface area contributed by atoms with Gasteiger partial charge in [0.2, 0.25) is 0 Å². The summed E-state index contributed by atoms with van der Waals surface area (Å²) in [5.41, 5.74) is 9.06. The first kappa shape index (κ1) is 18.7. The smallest absolute Gasteiger partial charge is 0.304 e. The van der Waals surface area contributed by atoms with Gasteiger partial charge in [0, 0.05) is 37.8 Å². The van der Waals surface area contributed by atoms with E-state index in [9.17, 15) is 4.79 Å². The monoisotopic (exact) mass is 336 g/mol. The molecular formula is C18H28N2O4. The minimum absolute atomic E-state index is 0.0350. The molecule has 1 aromatic rings. The summed E-state index contributed by atoms with van der Waals surface area (Å²) in [6, 6.07) is 6.20. The Kier molecular flexibility index (Phi) is 7.02. The number of carboxylic acids is 1. The van der Waals surface area contributed by atoms with Gasteiger partial charge in [-0.1, -0.05) is 19.1 Å². The van der Waals surface area contributed by atoms with Gasteiger partial charge in [0.05, 0.1) is 26.2 Å². The van der Waals surface area contributed by atoms with E-state index in [1.54, 1.807) is 7.11 Å². The molecule has 1 fully saturated rings. The number of methoxy groups -OCH3 is 1. The molecule has 1 aromatic carbocycles. The topological polar surface area (TPSA) is 85.0 Å². The summed E-state index contributed by atoms with van der Waals surface area (Å²) in [5.74, 6) is -1.02. The highest BCUT2D eigenvalue weighted by atomic mass is 16.5. The van der Waals surface area contributed by atoms with E-state index in [0.717, 1.165) is 49.5 Å². The van der Waals surface area contributed by atoms with E-state index in [1.807, 2.05) is 18.2 Å². The van der Waals surface area contributed by atoms with Crippen molar-refractivity contribution < 1.29 is 19.4 Å². The Morgan fingerprint density at radius 3 is 2.67 bits per heavy atom.